The summed E-state index contributed by atoms with van der Waals surface area (Å²) in [5, 5.41) is 10.5. The molecule has 0 radical (unpaired) electrons. The third kappa shape index (κ3) is 14.5. The van der Waals surface area contributed by atoms with Gasteiger partial charge in [0, 0.05) is 30.9 Å². The van der Waals surface area contributed by atoms with Gasteiger partial charge in [0.15, 0.2) is 5.79 Å². The number of carbonyl (C=O) groups excluding carboxylic acids is 4. The first-order valence-corrected chi connectivity index (χ1v) is 18.0. The van der Waals surface area contributed by atoms with Gasteiger partial charge in [-0.05, 0) is 63.4 Å². The predicted octanol–water partition coefficient (Wildman–Crippen LogP) is 6.64. The summed E-state index contributed by atoms with van der Waals surface area (Å²) in [6.07, 6.45) is 16.2. The molecule has 7 atom stereocenters. The highest BCUT2D eigenvalue weighted by molar-refractivity contribution is 5.83. The highest BCUT2D eigenvalue weighted by Gasteiger charge is 2.54. The number of aliphatic hydroxyl groups is 1. The summed E-state index contributed by atoms with van der Waals surface area (Å²) < 4.78 is 34.1. The van der Waals surface area contributed by atoms with Gasteiger partial charge in [-0.3, -0.25) is 9.59 Å². The molecule has 0 amide bonds. The molecule has 0 saturated carbocycles. The molecular formula is C40H60O11. The molecular weight excluding hydrogens is 656 g/mol. The van der Waals surface area contributed by atoms with E-state index in [1.165, 1.54) is 33.5 Å². The minimum absolute atomic E-state index is 0.0862. The van der Waals surface area contributed by atoms with E-state index in [-0.39, 0.29) is 30.8 Å². The summed E-state index contributed by atoms with van der Waals surface area (Å²) in [5.74, 6) is -2.56. The third-order valence-electron chi connectivity index (χ3n) is 9.58. The number of hydrogen-bond acceptors (Lipinski definition) is 11. The van der Waals surface area contributed by atoms with E-state index in [2.05, 4.69) is 31.6 Å². The van der Waals surface area contributed by atoms with Crippen LogP contribution in [0.5, 0.6) is 0 Å². The summed E-state index contributed by atoms with van der Waals surface area (Å²) >= 11 is 0. The molecule has 0 aromatic rings. The summed E-state index contributed by atoms with van der Waals surface area (Å²) in [5.41, 5.74) is 0.583. The SMILES string of the molecule is COC(=O)/C=C/C(C)C(O)/C=C/C(C)=C/CC1OC2(CCC1C)CCC(CCC(C)C)(OC(=O)CCC(=O)OC)C(/C=C/C(C)=C/C(=O)OC)O2. The quantitative estimate of drug-likeness (QED) is 0.0749. The lowest BCUT2D eigenvalue weighted by Crippen LogP contribution is -2.59. The van der Waals surface area contributed by atoms with Crippen molar-refractivity contribution in [3.8, 4) is 0 Å². The number of rotatable bonds is 17. The lowest BCUT2D eigenvalue weighted by Gasteiger charge is -2.53. The van der Waals surface area contributed by atoms with E-state index < -0.39 is 47.5 Å². The van der Waals surface area contributed by atoms with Gasteiger partial charge >= 0.3 is 23.9 Å². The zero-order valence-electron chi connectivity index (χ0n) is 32.0. The third-order valence-corrected chi connectivity index (χ3v) is 9.58. The standard InChI is InChI=1S/C40H60O11/c1-27(2)20-22-39(51-37(44)19-18-36(43)47-8)24-25-40(50-34(39)16-12-29(4)26-38(45)48-9)23-21-31(6)33(49-40)15-11-28(3)10-14-32(41)30(5)13-17-35(42)46-7/h10-14,16-17,26-27,30-34,41H,15,18-25H2,1-9H3/b14-10+,16-12+,17-13+,28-11+,29-26+. The Morgan fingerprint density at radius 3 is 2.18 bits per heavy atom. The van der Waals surface area contributed by atoms with Crippen LogP contribution in [0.15, 0.2) is 59.8 Å². The van der Waals surface area contributed by atoms with Crippen LogP contribution in [0, 0.1) is 17.8 Å². The Bertz CT molecular complexity index is 1330. The van der Waals surface area contributed by atoms with Crippen LogP contribution in [0.2, 0.25) is 0 Å². The van der Waals surface area contributed by atoms with Crippen molar-refractivity contribution in [2.24, 2.45) is 17.8 Å². The van der Waals surface area contributed by atoms with Gasteiger partial charge in [0.05, 0.1) is 46.4 Å². The van der Waals surface area contributed by atoms with Gasteiger partial charge < -0.3 is 33.5 Å². The molecule has 0 aliphatic carbocycles. The topological polar surface area (TPSA) is 144 Å². The fourth-order valence-corrected chi connectivity index (χ4v) is 6.08. The van der Waals surface area contributed by atoms with E-state index in [4.69, 9.17) is 23.7 Å². The van der Waals surface area contributed by atoms with Gasteiger partial charge in [0.25, 0.3) is 0 Å². The zero-order valence-corrected chi connectivity index (χ0v) is 32.0. The van der Waals surface area contributed by atoms with Crippen molar-refractivity contribution in [2.75, 3.05) is 21.3 Å². The van der Waals surface area contributed by atoms with Gasteiger partial charge in [-0.1, -0.05) is 69.7 Å². The molecule has 0 aromatic carbocycles. The van der Waals surface area contributed by atoms with Crippen molar-refractivity contribution in [1.29, 1.82) is 0 Å². The Morgan fingerprint density at radius 2 is 1.53 bits per heavy atom. The van der Waals surface area contributed by atoms with Gasteiger partial charge in [-0.25, -0.2) is 9.59 Å². The van der Waals surface area contributed by atoms with Crippen molar-refractivity contribution in [3.63, 3.8) is 0 Å². The van der Waals surface area contributed by atoms with Crippen molar-refractivity contribution in [3.05, 3.63) is 59.8 Å². The van der Waals surface area contributed by atoms with Crippen LogP contribution in [0.1, 0.15) is 99.3 Å². The molecule has 2 heterocycles. The number of allylic oxidation sites excluding steroid dienone is 4. The smallest absolute Gasteiger partial charge is 0.330 e. The molecule has 2 aliphatic heterocycles. The van der Waals surface area contributed by atoms with Gasteiger partial charge in [0.2, 0.25) is 0 Å². The molecule has 0 bridgehead atoms. The minimum Gasteiger partial charge on any atom is -0.469 e. The maximum atomic E-state index is 13.2. The van der Waals surface area contributed by atoms with Gasteiger partial charge in [-0.2, -0.15) is 0 Å². The fraction of sp³-hybridized carbons (Fsp3) is 0.650. The van der Waals surface area contributed by atoms with Crippen LogP contribution < -0.4 is 0 Å². The van der Waals surface area contributed by atoms with E-state index in [0.29, 0.717) is 43.6 Å². The van der Waals surface area contributed by atoms with Crippen LogP contribution in [0.25, 0.3) is 0 Å². The number of aliphatic hydroxyl groups excluding tert-OH is 1. The maximum absolute atomic E-state index is 13.2. The van der Waals surface area contributed by atoms with Crippen LogP contribution in [-0.2, 0) is 47.6 Å². The molecule has 7 unspecified atom stereocenters. The van der Waals surface area contributed by atoms with Gasteiger partial charge in [0.1, 0.15) is 11.7 Å². The maximum Gasteiger partial charge on any atom is 0.330 e. The van der Waals surface area contributed by atoms with Crippen molar-refractivity contribution < 1.29 is 52.7 Å². The fourth-order valence-electron chi connectivity index (χ4n) is 6.08. The molecule has 1 N–H and O–H groups in total. The Balaban J connectivity index is 2.34. The summed E-state index contributed by atoms with van der Waals surface area (Å²) in [6, 6.07) is 0. The Kier molecular flexibility index (Phi) is 18.0. The van der Waals surface area contributed by atoms with E-state index in [9.17, 15) is 24.3 Å². The van der Waals surface area contributed by atoms with Crippen LogP contribution in [-0.4, -0.2) is 80.0 Å². The molecule has 11 heteroatoms. The average molecular weight is 717 g/mol. The first kappa shape index (κ1) is 43.6. The molecule has 2 aliphatic rings. The Hall–Kier alpha value is -3.54. The van der Waals surface area contributed by atoms with E-state index in [0.717, 1.165) is 18.4 Å². The number of esters is 4. The van der Waals surface area contributed by atoms with Crippen LogP contribution in [0.4, 0.5) is 0 Å². The second kappa shape index (κ2) is 21.1. The number of carbonyl (C=O) groups is 4. The molecule has 2 fully saturated rings. The number of hydrogen-bond donors (Lipinski definition) is 1. The lowest BCUT2D eigenvalue weighted by atomic mass is 9.77. The monoisotopic (exact) mass is 716 g/mol. The molecule has 0 aromatic heterocycles. The first-order valence-electron chi connectivity index (χ1n) is 18.0. The van der Waals surface area contributed by atoms with E-state index in [1.807, 2.05) is 26.0 Å². The van der Waals surface area contributed by atoms with Crippen LogP contribution >= 0.6 is 0 Å². The second-order valence-electron chi connectivity index (χ2n) is 14.2. The summed E-state index contributed by atoms with van der Waals surface area (Å²) in [7, 11) is 3.90. The Labute approximate surface area is 304 Å². The minimum atomic E-state index is -1.02. The average Bonchev–Trinajstić information content (AvgIpc) is 3.11. The highest BCUT2D eigenvalue weighted by atomic mass is 16.7. The molecule has 11 nitrogen and oxygen atoms in total. The Morgan fingerprint density at radius 1 is 0.843 bits per heavy atom. The first-order chi connectivity index (χ1) is 24.1. The summed E-state index contributed by atoms with van der Waals surface area (Å²) in [4.78, 5) is 48.3. The van der Waals surface area contributed by atoms with E-state index in [1.54, 1.807) is 25.2 Å². The summed E-state index contributed by atoms with van der Waals surface area (Å²) in [6.45, 7) is 11.9. The van der Waals surface area contributed by atoms with Crippen LogP contribution in [0.3, 0.4) is 0 Å². The number of methoxy groups -OCH3 is 3. The number of ether oxygens (including phenoxy) is 6. The molecule has 1 spiro atoms. The van der Waals surface area contributed by atoms with Crippen molar-refractivity contribution in [2.45, 2.75) is 129 Å². The predicted molar refractivity (Wildman–Crippen MR) is 193 cm³/mol. The van der Waals surface area contributed by atoms with Crippen molar-refractivity contribution in [1.82, 2.24) is 0 Å². The van der Waals surface area contributed by atoms with E-state index >= 15 is 0 Å². The molecule has 51 heavy (non-hydrogen) atoms. The lowest BCUT2D eigenvalue weighted by molar-refractivity contribution is -0.345. The molecule has 286 valence electrons. The molecule has 2 saturated heterocycles. The molecule has 2 rings (SSSR count). The van der Waals surface area contributed by atoms with Crippen molar-refractivity contribution >= 4 is 23.9 Å². The highest BCUT2D eigenvalue weighted by Crippen LogP contribution is 2.48. The normalized spacial score (nSPS) is 27.2. The second-order valence-corrected chi connectivity index (χ2v) is 14.2. The van der Waals surface area contributed by atoms with Gasteiger partial charge in [-0.15, -0.1) is 0 Å². The largest absolute Gasteiger partial charge is 0.469 e. The zero-order chi connectivity index (χ0) is 38.2.